The van der Waals surface area contributed by atoms with Crippen LogP contribution in [-0.2, 0) is 6.54 Å². The fourth-order valence-electron chi connectivity index (χ4n) is 2.18. The molecule has 0 saturated heterocycles. The van der Waals surface area contributed by atoms with Crippen molar-refractivity contribution < 1.29 is 8.83 Å². The van der Waals surface area contributed by atoms with E-state index in [2.05, 4.69) is 34.5 Å². The Bertz CT molecular complexity index is 716. The van der Waals surface area contributed by atoms with Crippen molar-refractivity contribution in [3.05, 3.63) is 42.2 Å². The lowest BCUT2D eigenvalue weighted by Gasteiger charge is -2.20. The molecule has 7 heteroatoms. The van der Waals surface area contributed by atoms with E-state index in [1.54, 1.807) is 12.5 Å². The molecule has 3 heterocycles. The summed E-state index contributed by atoms with van der Waals surface area (Å²) in [6.45, 7) is 6.64. The second-order valence-corrected chi connectivity index (χ2v) is 5.33. The van der Waals surface area contributed by atoms with E-state index < -0.39 is 0 Å². The molecule has 22 heavy (non-hydrogen) atoms. The summed E-state index contributed by atoms with van der Waals surface area (Å²) in [4.78, 5) is 0. The lowest BCUT2D eigenvalue weighted by Crippen LogP contribution is -2.33. The molecule has 3 aromatic rings. The van der Waals surface area contributed by atoms with Gasteiger partial charge in [-0.1, -0.05) is 0 Å². The number of hydrogen-bond donors (Lipinski definition) is 1. The number of aromatic nitrogens is 4. The van der Waals surface area contributed by atoms with Crippen molar-refractivity contribution >= 4 is 0 Å². The zero-order chi connectivity index (χ0) is 15.5. The van der Waals surface area contributed by atoms with Crippen LogP contribution in [0.5, 0.6) is 0 Å². The second-order valence-electron chi connectivity index (χ2n) is 5.33. The Balaban J connectivity index is 1.60. The number of hydrogen-bond acceptors (Lipinski definition) is 6. The summed E-state index contributed by atoms with van der Waals surface area (Å²) >= 11 is 0. The van der Waals surface area contributed by atoms with Crippen molar-refractivity contribution in [2.75, 3.05) is 0 Å². The molecule has 0 fully saturated rings. The molecule has 0 bridgehead atoms. The predicted molar refractivity (Wildman–Crippen MR) is 80.0 cm³/mol. The Morgan fingerprint density at radius 1 is 1.32 bits per heavy atom. The van der Waals surface area contributed by atoms with E-state index in [1.807, 2.05) is 29.9 Å². The van der Waals surface area contributed by atoms with Gasteiger partial charge in [-0.25, -0.2) is 0 Å². The van der Waals surface area contributed by atoms with Crippen LogP contribution in [0.15, 0.2) is 39.6 Å². The Labute approximate surface area is 128 Å². The van der Waals surface area contributed by atoms with Gasteiger partial charge in [0.05, 0.1) is 18.8 Å². The average molecular weight is 301 g/mol. The lowest BCUT2D eigenvalue weighted by molar-refractivity contribution is 0.348. The molecule has 7 nitrogen and oxygen atoms in total. The zero-order valence-corrected chi connectivity index (χ0v) is 12.9. The van der Waals surface area contributed by atoms with E-state index in [0.717, 1.165) is 5.56 Å². The summed E-state index contributed by atoms with van der Waals surface area (Å²) in [6.07, 6.45) is 5.34. The third kappa shape index (κ3) is 2.94. The first-order valence-corrected chi connectivity index (χ1v) is 7.24. The largest absolute Gasteiger partial charge is 0.459 e. The van der Waals surface area contributed by atoms with Gasteiger partial charge >= 0.3 is 0 Å². The molecule has 0 unspecified atom stereocenters. The fraction of sp³-hybridized carbons (Fsp3) is 0.400. The summed E-state index contributed by atoms with van der Waals surface area (Å²) in [5.74, 6) is 1.56. The summed E-state index contributed by atoms with van der Waals surface area (Å²) in [5, 5.41) is 15.7. The molecule has 3 rings (SSSR count). The van der Waals surface area contributed by atoms with Crippen LogP contribution in [0.1, 0.15) is 31.3 Å². The van der Waals surface area contributed by atoms with Gasteiger partial charge in [0, 0.05) is 24.0 Å². The van der Waals surface area contributed by atoms with Crippen molar-refractivity contribution in [3.8, 4) is 11.7 Å². The first-order chi connectivity index (χ1) is 10.6. The highest BCUT2D eigenvalue weighted by Gasteiger charge is 2.17. The Morgan fingerprint density at radius 3 is 2.86 bits per heavy atom. The molecular weight excluding hydrogens is 282 g/mol. The van der Waals surface area contributed by atoms with Gasteiger partial charge in [0.1, 0.15) is 0 Å². The van der Waals surface area contributed by atoms with Gasteiger partial charge in [0.25, 0.3) is 5.89 Å². The predicted octanol–water partition coefficient (Wildman–Crippen LogP) is 2.57. The topological polar surface area (TPSA) is 81.9 Å². The van der Waals surface area contributed by atoms with E-state index in [-0.39, 0.29) is 12.1 Å². The highest BCUT2D eigenvalue weighted by molar-refractivity contribution is 5.49. The number of nitrogens with zero attached hydrogens (tertiary/aromatic N) is 4. The summed E-state index contributed by atoms with van der Waals surface area (Å²) in [7, 11) is 0. The second kappa shape index (κ2) is 6.15. The molecule has 0 aliphatic heterocycles. The molecule has 0 aromatic carbocycles. The SMILES string of the molecule is Cc1ccoc1-c1nnc(CN[C@H](C)[C@@H](C)n2cccn2)o1. The van der Waals surface area contributed by atoms with E-state index in [1.165, 1.54) is 0 Å². The van der Waals surface area contributed by atoms with E-state index >= 15 is 0 Å². The minimum absolute atomic E-state index is 0.209. The highest BCUT2D eigenvalue weighted by atomic mass is 16.4. The minimum atomic E-state index is 0.209. The maximum absolute atomic E-state index is 5.63. The molecule has 1 N–H and O–H groups in total. The third-order valence-corrected chi connectivity index (χ3v) is 3.76. The van der Waals surface area contributed by atoms with Crippen LogP contribution in [0, 0.1) is 6.92 Å². The van der Waals surface area contributed by atoms with E-state index in [4.69, 9.17) is 8.83 Å². The van der Waals surface area contributed by atoms with Gasteiger partial charge in [-0.2, -0.15) is 5.10 Å². The van der Waals surface area contributed by atoms with Crippen LogP contribution in [0.4, 0.5) is 0 Å². The number of furan rings is 1. The standard InChI is InChI=1S/C15H19N5O2/c1-10-5-8-21-14(10)15-19-18-13(22-15)9-16-11(2)12(3)20-7-4-6-17-20/h4-8,11-12,16H,9H2,1-3H3/t11-,12-/m1/s1. The molecular formula is C15H19N5O2. The van der Waals surface area contributed by atoms with Crippen molar-refractivity contribution in [1.29, 1.82) is 0 Å². The maximum Gasteiger partial charge on any atom is 0.283 e. The summed E-state index contributed by atoms with van der Waals surface area (Å²) < 4.78 is 12.9. The summed E-state index contributed by atoms with van der Waals surface area (Å²) in [5.41, 5.74) is 0.976. The Hall–Kier alpha value is -2.41. The van der Waals surface area contributed by atoms with Gasteiger partial charge in [-0.3, -0.25) is 4.68 Å². The van der Waals surface area contributed by atoms with Gasteiger partial charge in [0.2, 0.25) is 5.89 Å². The smallest absolute Gasteiger partial charge is 0.283 e. The first-order valence-electron chi connectivity index (χ1n) is 7.24. The molecule has 0 aliphatic rings. The molecule has 0 saturated carbocycles. The molecule has 2 atom stereocenters. The van der Waals surface area contributed by atoms with Gasteiger partial charge in [-0.05, 0) is 32.9 Å². The van der Waals surface area contributed by atoms with Crippen LogP contribution < -0.4 is 5.32 Å². The monoisotopic (exact) mass is 301 g/mol. The lowest BCUT2D eigenvalue weighted by atomic mass is 10.2. The average Bonchev–Trinajstić information content (AvgIpc) is 3.24. The van der Waals surface area contributed by atoms with Gasteiger partial charge in [-0.15, -0.1) is 10.2 Å². The van der Waals surface area contributed by atoms with E-state index in [0.29, 0.717) is 24.1 Å². The normalized spacial score (nSPS) is 14.1. The van der Waals surface area contributed by atoms with Crippen molar-refractivity contribution in [2.24, 2.45) is 0 Å². The molecule has 0 amide bonds. The molecule has 0 aliphatic carbocycles. The van der Waals surface area contributed by atoms with Crippen LogP contribution in [0.3, 0.4) is 0 Å². The third-order valence-electron chi connectivity index (χ3n) is 3.76. The quantitative estimate of drug-likeness (QED) is 0.753. The van der Waals surface area contributed by atoms with Gasteiger partial charge in [0.15, 0.2) is 5.76 Å². The first kappa shape index (κ1) is 14.5. The molecule has 0 radical (unpaired) electrons. The van der Waals surface area contributed by atoms with Crippen molar-refractivity contribution in [1.82, 2.24) is 25.3 Å². The Morgan fingerprint density at radius 2 is 2.18 bits per heavy atom. The van der Waals surface area contributed by atoms with Crippen molar-refractivity contribution in [3.63, 3.8) is 0 Å². The molecule has 0 spiro atoms. The number of rotatable bonds is 6. The Kier molecular flexibility index (Phi) is 4.06. The highest BCUT2D eigenvalue weighted by Crippen LogP contribution is 2.22. The van der Waals surface area contributed by atoms with Gasteiger partial charge < -0.3 is 14.2 Å². The minimum Gasteiger partial charge on any atom is -0.459 e. The molecule has 3 aromatic heterocycles. The fourth-order valence-corrected chi connectivity index (χ4v) is 2.18. The molecule has 116 valence electrons. The maximum atomic E-state index is 5.63. The summed E-state index contributed by atoms with van der Waals surface area (Å²) in [6, 6.07) is 4.22. The number of aryl methyl sites for hydroxylation is 1. The van der Waals surface area contributed by atoms with Crippen molar-refractivity contribution in [2.45, 2.75) is 39.4 Å². The van der Waals surface area contributed by atoms with Crippen LogP contribution >= 0.6 is 0 Å². The van der Waals surface area contributed by atoms with E-state index in [9.17, 15) is 0 Å². The zero-order valence-electron chi connectivity index (χ0n) is 12.9. The van der Waals surface area contributed by atoms with Crippen LogP contribution in [0.25, 0.3) is 11.7 Å². The number of nitrogens with one attached hydrogen (secondary N) is 1. The van der Waals surface area contributed by atoms with Crippen LogP contribution in [0.2, 0.25) is 0 Å². The van der Waals surface area contributed by atoms with Crippen LogP contribution in [-0.4, -0.2) is 26.0 Å².